The lowest BCUT2D eigenvalue weighted by Gasteiger charge is -2.25. The Bertz CT molecular complexity index is 1210. The number of hydrogen-bond acceptors (Lipinski definition) is 5. The summed E-state index contributed by atoms with van der Waals surface area (Å²) in [6.45, 7) is 3.97. The van der Waals surface area contributed by atoms with E-state index in [-0.39, 0.29) is 49.1 Å². The molecule has 1 aliphatic carbocycles. The zero-order chi connectivity index (χ0) is 24.8. The lowest BCUT2D eigenvalue weighted by Crippen LogP contribution is -2.43. The molecule has 2 fully saturated rings. The Morgan fingerprint density at radius 1 is 1.29 bits per heavy atom. The zero-order valence-corrected chi connectivity index (χ0v) is 18.8. The Morgan fingerprint density at radius 3 is 2.62 bits per heavy atom. The van der Waals surface area contributed by atoms with Crippen LogP contribution >= 0.6 is 0 Å². The van der Waals surface area contributed by atoms with Crippen molar-refractivity contribution in [3.8, 4) is 5.88 Å². The number of nitrogens with one attached hydrogen (secondary N) is 1. The van der Waals surface area contributed by atoms with E-state index in [1.54, 1.807) is 0 Å². The number of carbonyl (C=O) groups is 2. The van der Waals surface area contributed by atoms with E-state index >= 15 is 0 Å². The van der Waals surface area contributed by atoms with E-state index < -0.39 is 41.0 Å². The van der Waals surface area contributed by atoms with E-state index in [4.69, 9.17) is 0 Å². The summed E-state index contributed by atoms with van der Waals surface area (Å²) in [5.41, 5.74) is -0.872. The normalized spacial score (nSPS) is 19.0. The van der Waals surface area contributed by atoms with Gasteiger partial charge in [0.25, 0.3) is 11.5 Å². The number of amides is 2. The SMILES string of the molecule is CC(C)Cn1c(O)c(C(=O)NC2CC2)c(=O)n2ncc(/C=C/C(=O)N3CCC[C@@H]3C(F)(F)F)c12. The molecule has 0 bridgehead atoms. The van der Waals surface area contributed by atoms with Crippen LogP contribution in [0.3, 0.4) is 0 Å². The highest BCUT2D eigenvalue weighted by atomic mass is 19.4. The lowest BCUT2D eigenvalue weighted by molar-refractivity contribution is -0.180. The number of carbonyl (C=O) groups excluding carboxylic acids is 2. The minimum absolute atomic E-state index is 0.000418. The molecule has 184 valence electrons. The highest BCUT2D eigenvalue weighted by molar-refractivity contribution is 5.97. The van der Waals surface area contributed by atoms with E-state index in [1.165, 1.54) is 16.8 Å². The van der Waals surface area contributed by atoms with Gasteiger partial charge < -0.3 is 15.3 Å². The van der Waals surface area contributed by atoms with Gasteiger partial charge in [-0.05, 0) is 37.7 Å². The molecule has 9 nitrogen and oxygen atoms in total. The Kier molecular flexibility index (Phi) is 6.17. The van der Waals surface area contributed by atoms with Gasteiger partial charge in [0.1, 0.15) is 11.7 Å². The number of nitrogens with zero attached hydrogens (tertiary/aromatic N) is 4. The molecule has 1 saturated heterocycles. The van der Waals surface area contributed by atoms with Crippen LogP contribution in [0.15, 0.2) is 17.1 Å². The molecule has 2 amide bonds. The van der Waals surface area contributed by atoms with Crippen LogP contribution in [-0.2, 0) is 11.3 Å². The van der Waals surface area contributed by atoms with Gasteiger partial charge in [-0.2, -0.15) is 22.8 Å². The van der Waals surface area contributed by atoms with Crippen LogP contribution in [0.2, 0.25) is 0 Å². The van der Waals surface area contributed by atoms with Gasteiger partial charge in [0.05, 0.1) is 6.20 Å². The molecular weight excluding hydrogens is 455 g/mol. The zero-order valence-electron chi connectivity index (χ0n) is 18.8. The summed E-state index contributed by atoms with van der Waals surface area (Å²) in [5, 5.41) is 17.6. The van der Waals surface area contributed by atoms with Crippen molar-refractivity contribution in [2.24, 2.45) is 5.92 Å². The number of aromatic hydroxyl groups is 1. The molecule has 12 heteroatoms. The molecule has 1 atom stereocenters. The first-order chi connectivity index (χ1) is 16.0. The number of alkyl halides is 3. The van der Waals surface area contributed by atoms with Gasteiger partial charge >= 0.3 is 6.18 Å². The van der Waals surface area contributed by atoms with Crippen LogP contribution < -0.4 is 10.9 Å². The molecule has 2 aliphatic rings. The van der Waals surface area contributed by atoms with Crippen molar-refractivity contribution in [1.29, 1.82) is 0 Å². The molecule has 0 unspecified atom stereocenters. The van der Waals surface area contributed by atoms with Crippen molar-refractivity contribution in [1.82, 2.24) is 24.4 Å². The van der Waals surface area contributed by atoms with Gasteiger partial charge in [-0.25, -0.2) is 0 Å². The number of halogens is 3. The fourth-order valence-corrected chi connectivity index (χ4v) is 4.18. The largest absolute Gasteiger partial charge is 0.494 e. The van der Waals surface area contributed by atoms with E-state index in [9.17, 15) is 32.7 Å². The molecule has 1 aliphatic heterocycles. The second-order valence-electron chi connectivity index (χ2n) is 9.16. The van der Waals surface area contributed by atoms with Crippen LogP contribution in [0.5, 0.6) is 5.88 Å². The molecule has 0 radical (unpaired) electrons. The summed E-state index contributed by atoms with van der Waals surface area (Å²) in [6.07, 6.45) is 0.751. The van der Waals surface area contributed by atoms with Crippen LogP contribution in [0.1, 0.15) is 55.5 Å². The predicted octanol–water partition coefficient (Wildman–Crippen LogP) is 2.32. The lowest BCUT2D eigenvalue weighted by atomic mass is 10.2. The second kappa shape index (κ2) is 8.80. The number of aromatic nitrogens is 3. The molecule has 3 heterocycles. The monoisotopic (exact) mass is 481 g/mol. The van der Waals surface area contributed by atoms with Crippen molar-refractivity contribution >= 4 is 23.5 Å². The first-order valence-corrected chi connectivity index (χ1v) is 11.2. The third-order valence-corrected chi connectivity index (χ3v) is 5.92. The Morgan fingerprint density at radius 2 is 2.00 bits per heavy atom. The second-order valence-corrected chi connectivity index (χ2v) is 9.16. The molecule has 2 N–H and O–H groups in total. The minimum atomic E-state index is -4.51. The van der Waals surface area contributed by atoms with Gasteiger partial charge in [-0.1, -0.05) is 13.8 Å². The van der Waals surface area contributed by atoms with E-state index in [2.05, 4.69) is 10.4 Å². The van der Waals surface area contributed by atoms with Crippen molar-refractivity contribution < 1.29 is 27.9 Å². The van der Waals surface area contributed by atoms with Gasteiger partial charge in [-0.15, -0.1) is 0 Å². The highest BCUT2D eigenvalue weighted by Crippen LogP contribution is 2.33. The van der Waals surface area contributed by atoms with Crippen molar-refractivity contribution in [2.45, 2.75) is 64.3 Å². The summed E-state index contributed by atoms with van der Waals surface area (Å²) < 4.78 is 42.0. The van der Waals surface area contributed by atoms with Crippen molar-refractivity contribution in [2.75, 3.05) is 6.54 Å². The summed E-state index contributed by atoms with van der Waals surface area (Å²) in [7, 11) is 0. The minimum Gasteiger partial charge on any atom is -0.494 e. The molecule has 34 heavy (non-hydrogen) atoms. The summed E-state index contributed by atoms with van der Waals surface area (Å²) in [4.78, 5) is 38.9. The van der Waals surface area contributed by atoms with Gasteiger partial charge in [-0.3, -0.25) is 19.0 Å². The fraction of sp³-hybridized carbons (Fsp3) is 0.545. The standard InChI is InChI=1S/C22H26F3N5O4/c1-12(2)11-29-19-13(5-8-16(31)28-9-3-4-15(28)22(23,24)25)10-26-30(19)21(34)17(20(29)33)18(32)27-14-6-7-14/h5,8,10,12,14-15,33H,3-4,6-7,9,11H2,1-2H3,(H,27,32)/b8-5+/t15-/m1/s1. The summed E-state index contributed by atoms with van der Waals surface area (Å²) >= 11 is 0. The maximum atomic E-state index is 13.2. The molecule has 0 spiro atoms. The molecule has 4 rings (SSSR count). The van der Waals surface area contributed by atoms with Crippen LogP contribution in [0.25, 0.3) is 11.7 Å². The third-order valence-electron chi connectivity index (χ3n) is 5.92. The van der Waals surface area contributed by atoms with Crippen LogP contribution in [0, 0.1) is 5.92 Å². The predicted molar refractivity (Wildman–Crippen MR) is 116 cm³/mol. The first kappa shape index (κ1) is 23.8. The Balaban J connectivity index is 1.73. The van der Waals surface area contributed by atoms with Crippen molar-refractivity contribution in [3.05, 3.63) is 33.8 Å². The maximum Gasteiger partial charge on any atom is 0.408 e. The third kappa shape index (κ3) is 4.53. The molecular formula is C22H26F3N5O4. The van der Waals surface area contributed by atoms with E-state index in [0.717, 1.165) is 28.3 Å². The number of rotatable bonds is 6. The molecule has 2 aromatic heterocycles. The average Bonchev–Trinajstić information content (AvgIpc) is 3.25. The Hall–Kier alpha value is -3.31. The summed E-state index contributed by atoms with van der Waals surface area (Å²) in [5.74, 6) is -2.02. The van der Waals surface area contributed by atoms with Gasteiger partial charge in [0, 0.05) is 30.8 Å². The van der Waals surface area contributed by atoms with E-state index in [0.29, 0.717) is 0 Å². The quantitative estimate of drug-likeness (QED) is 0.616. The Labute approximate surface area is 192 Å². The number of fused-ring (bicyclic) bond motifs is 1. The molecule has 0 aromatic carbocycles. The average molecular weight is 481 g/mol. The smallest absolute Gasteiger partial charge is 0.408 e. The molecule has 1 saturated carbocycles. The van der Waals surface area contributed by atoms with Gasteiger partial charge in [0.2, 0.25) is 11.8 Å². The van der Waals surface area contributed by atoms with Crippen LogP contribution in [-0.4, -0.2) is 60.8 Å². The van der Waals surface area contributed by atoms with Gasteiger partial charge in [0.15, 0.2) is 5.56 Å². The van der Waals surface area contributed by atoms with E-state index in [1.807, 2.05) is 13.8 Å². The number of hydrogen-bond donors (Lipinski definition) is 2. The summed E-state index contributed by atoms with van der Waals surface area (Å²) in [6, 6.07) is -1.86. The topological polar surface area (TPSA) is 109 Å². The van der Waals surface area contributed by atoms with Crippen molar-refractivity contribution in [3.63, 3.8) is 0 Å². The number of likely N-dealkylation sites (tertiary alicyclic amines) is 1. The first-order valence-electron chi connectivity index (χ1n) is 11.2. The van der Waals surface area contributed by atoms with Crippen LogP contribution in [0.4, 0.5) is 13.2 Å². The highest BCUT2D eigenvalue weighted by Gasteiger charge is 2.47. The molecule has 2 aromatic rings. The maximum absolute atomic E-state index is 13.2. The fourth-order valence-electron chi connectivity index (χ4n) is 4.18.